The lowest BCUT2D eigenvalue weighted by Gasteiger charge is -2.12. The molecule has 156 valence electrons. The van der Waals surface area contributed by atoms with E-state index in [1.165, 1.54) is 18.3 Å². The van der Waals surface area contributed by atoms with Crippen molar-refractivity contribution in [1.29, 1.82) is 0 Å². The maximum atomic E-state index is 13.0. The van der Waals surface area contributed by atoms with Gasteiger partial charge in [0, 0.05) is 29.8 Å². The number of nitrogens with zero attached hydrogens (tertiary/aromatic N) is 1. The Kier molecular flexibility index (Phi) is 4.89. The lowest BCUT2D eigenvalue weighted by atomic mass is 10.0. The number of carbonyl (C=O) groups is 2. The third kappa shape index (κ3) is 3.58. The van der Waals surface area contributed by atoms with Crippen LogP contribution in [0.4, 0.5) is 18.0 Å². The molecule has 0 bridgehead atoms. The van der Waals surface area contributed by atoms with Gasteiger partial charge in [0.1, 0.15) is 6.04 Å². The van der Waals surface area contributed by atoms with Gasteiger partial charge in [-0.25, -0.2) is 12.4 Å². The summed E-state index contributed by atoms with van der Waals surface area (Å²) in [5.74, 6) is 0. The van der Waals surface area contributed by atoms with Crippen molar-refractivity contribution in [2.75, 3.05) is 0 Å². The highest BCUT2D eigenvalue weighted by atomic mass is 32.2. The number of benzene rings is 2. The number of hydrogen-bond donors (Lipinski definition) is 1. The summed E-state index contributed by atoms with van der Waals surface area (Å²) >= 11 is 0.581. The molecule has 6 nitrogen and oxygen atoms in total. The standard InChI is InChI=1S/C19H13F3N2O4S2/c20-19(21,22)12-4-2-5-13(10-12)30(27,28)24-8-7-14-11(3-1-6-16(14)24)9-15-17(25)29-18(26)23-15/h1-8,10,15H,9H2,(H,23,26). The summed E-state index contributed by atoms with van der Waals surface area (Å²) in [4.78, 5) is 22.8. The zero-order valence-corrected chi connectivity index (χ0v) is 16.6. The molecule has 0 radical (unpaired) electrons. The molecule has 0 aliphatic carbocycles. The fourth-order valence-corrected chi connectivity index (χ4v) is 5.35. The van der Waals surface area contributed by atoms with Crippen molar-refractivity contribution in [3.63, 3.8) is 0 Å². The summed E-state index contributed by atoms with van der Waals surface area (Å²) in [5.41, 5.74) is -0.172. The lowest BCUT2D eigenvalue weighted by Crippen LogP contribution is -2.30. The van der Waals surface area contributed by atoms with Gasteiger partial charge in [-0.3, -0.25) is 9.59 Å². The van der Waals surface area contributed by atoms with Gasteiger partial charge >= 0.3 is 6.18 Å². The fourth-order valence-electron chi connectivity index (χ4n) is 3.29. The van der Waals surface area contributed by atoms with Crippen LogP contribution >= 0.6 is 11.8 Å². The molecule has 1 atom stereocenters. The van der Waals surface area contributed by atoms with Crippen LogP contribution in [-0.2, 0) is 27.4 Å². The lowest BCUT2D eigenvalue weighted by molar-refractivity contribution is -0.137. The Morgan fingerprint density at radius 2 is 1.80 bits per heavy atom. The third-order valence-corrected chi connectivity index (χ3v) is 7.17. The smallest absolute Gasteiger partial charge is 0.335 e. The number of halogens is 3. The van der Waals surface area contributed by atoms with Gasteiger partial charge in [0.2, 0.25) is 5.12 Å². The van der Waals surface area contributed by atoms with Gasteiger partial charge in [-0.15, -0.1) is 0 Å². The number of aromatic nitrogens is 1. The molecule has 0 saturated carbocycles. The normalized spacial score (nSPS) is 17.5. The number of alkyl halides is 3. The SMILES string of the molecule is O=C1NC(Cc2cccc3c2ccn3S(=O)(=O)c2cccc(C(F)(F)F)c2)C(=O)S1. The van der Waals surface area contributed by atoms with Crippen molar-refractivity contribution in [2.45, 2.75) is 23.5 Å². The highest BCUT2D eigenvalue weighted by molar-refractivity contribution is 8.26. The summed E-state index contributed by atoms with van der Waals surface area (Å²) < 4.78 is 65.9. The zero-order valence-electron chi connectivity index (χ0n) is 15.0. The first-order valence-corrected chi connectivity index (χ1v) is 10.9. The molecule has 2 aromatic carbocycles. The molecule has 2 heterocycles. The summed E-state index contributed by atoms with van der Waals surface area (Å²) in [7, 11) is -4.29. The molecule has 1 amide bonds. The molecule has 1 aliphatic rings. The molecule has 4 rings (SSSR count). The van der Waals surface area contributed by atoms with Crippen molar-refractivity contribution in [3.05, 3.63) is 65.9 Å². The number of rotatable bonds is 4. The quantitative estimate of drug-likeness (QED) is 0.648. The Hall–Kier alpha value is -2.79. The highest BCUT2D eigenvalue weighted by Gasteiger charge is 2.33. The molecule has 1 aromatic heterocycles. The molecule has 30 heavy (non-hydrogen) atoms. The number of amides is 1. The second-order valence-corrected chi connectivity index (χ2v) is 9.39. The zero-order chi connectivity index (χ0) is 21.7. The Labute approximate surface area is 173 Å². The summed E-state index contributed by atoms with van der Waals surface area (Å²) in [6, 6.07) is 9.14. The Balaban J connectivity index is 1.75. The molecular formula is C19H13F3N2O4S2. The first-order chi connectivity index (χ1) is 14.1. The monoisotopic (exact) mass is 454 g/mol. The van der Waals surface area contributed by atoms with Crippen molar-refractivity contribution >= 4 is 43.0 Å². The van der Waals surface area contributed by atoms with E-state index >= 15 is 0 Å². The maximum absolute atomic E-state index is 13.0. The van der Waals surface area contributed by atoms with Gasteiger partial charge in [0.05, 0.1) is 16.0 Å². The fraction of sp³-hybridized carbons (Fsp3) is 0.158. The largest absolute Gasteiger partial charge is 0.416 e. The Bertz CT molecular complexity index is 1280. The van der Waals surface area contributed by atoms with Crippen LogP contribution in [0.15, 0.2) is 59.6 Å². The van der Waals surface area contributed by atoms with Gasteiger partial charge in [-0.2, -0.15) is 13.2 Å². The molecule has 1 fully saturated rings. The van der Waals surface area contributed by atoms with Gasteiger partial charge in [0.15, 0.2) is 0 Å². The van der Waals surface area contributed by atoms with E-state index in [1.54, 1.807) is 12.1 Å². The highest BCUT2D eigenvalue weighted by Crippen LogP contribution is 2.32. The van der Waals surface area contributed by atoms with Crippen molar-refractivity contribution in [2.24, 2.45) is 0 Å². The minimum absolute atomic E-state index is 0.169. The molecule has 3 aromatic rings. The third-order valence-electron chi connectivity index (χ3n) is 4.70. The van der Waals surface area contributed by atoms with Crippen molar-refractivity contribution < 1.29 is 31.2 Å². The summed E-state index contributed by atoms with van der Waals surface area (Å²) in [6.07, 6.45) is -3.25. The van der Waals surface area contributed by atoms with Crippen LogP contribution in [0.5, 0.6) is 0 Å². The topological polar surface area (TPSA) is 85.2 Å². The van der Waals surface area contributed by atoms with Crippen LogP contribution in [0.3, 0.4) is 0 Å². The average molecular weight is 454 g/mol. The van der Waals surface area contributed by atoms with Crippen LogP contribution in [0.1, 0.15) is 11.1 Å². The van der Waals surface area contributed by atoms with Crippen molar-refractivity contribution in [3.8, 4) is 0 Å². The number of hydrogen-bond acceptors (Lipinski definition) is 5. The van der Waals surface area contributed by atoms with Gasteiger partial charge in [0.25, 0.3) is 15.3 Å². The molecule has 1 aliphatic heterocycles. The number of nitrogens with one attached hydrogen (secondary N) is 1. The molecule has 1 saturated heterocycles. The van der Waals surface area contributed by atoms with E-state index in [0.29, 0.717) is 28.8 Å². The molecule has 11 heteroatoms. The predicted molar refractivity (Wildman–Crippen MR) is 105 cm³/mol. The van der Waals surface area contributed by atoms with E-state index in [4.69, 9.17) is 0 Å². The van der Waals surface area contributed by atoms with Crippen LogP contribution in [0, 0.1) is 0 Å². The number of thioether (sulfide) groups is 1. The van der Waals surface area contributed by atoms with E-state index in [1.807, 2.05) is 0 Å². The number of fused-ring (bicyclic) bond motifs is 1. The van der Waals surface area contributed by atoms with Gasteiger partial charge < -0.3 is 5.32 Å². The van der Waals surface area contributed by atoms with Crippen LogP contribution in [0.25, 0.3) is 10.9 Å². The van der Waals surface area contributed by atoms with Gasteiger partial charge in [-0.05, 0) is 35.9 Å². The Morgan fingerprint density at radius 3 is 2.47 bits per heavy atom. The minimum Gasteiger partial charge on any atom is -0.335 e. The molecule has 1 N–H and O–H groups in total. The predicted octanol–water partition coefficient (Wildman–Crippen LogP) is 3.79. The molecular weight excluding hydrogens is 441 g/mol. The summed E-state index contributed by atoms with van der Waals surface area (Å²) in [6.45, 7) is 0. The average Bonchev–Trinajstić information content (AvgIpc) is 3.25. The van der Waals surface area contributed by atoms with Crippen LogP contribution in [0.2, 0.25) is 0 Å². The molecule has 1 unspecified atom stereocenters. The van der Waals surface area contributed by atoms with E-state index in [0.717, 1.165) is 22.2 Å². The van der Waals surface area contributed by atoms with E-state index in [-0.39, 0.29) is 17.1 Å². The van der Waals surface area contributed by atoms with Gasteiger partial charge in [-0.1, -0.05) is 18.2 Å². The first kappa shape index (κ1) is 20.5. The minimum atomic E-state index is -4.67. The first-order valence-electron chi connectivity index (χ1n) is 8.61. The number of carbonyl (C=O) groups excluding carboxylic acids is 2. The van der Waals surface area contributed by atoms with Crippen molar-refractivity contribution in [1.82, 2.24) is 9.29 Å². The van der Waals surface area contributed by atoms with E-state index < -0.39 is 37.9 Å². The van der Waals surface area contributed by atoms with E-state index in [2.05, 4.69) is 5.32 Å². The van der Waals surface area contributed by atoms with E-state index in [9.17, 15) is 31.2 Å². The Morgan fingerprint density at radius 1 is 1.07 bits per heavy atom. The van der Waals surface area contributed by atoms with Crippen LogP contribution in [-0.4, -0.2) is 28.8 Å². The summed E-state index contributed by atoms with van der Waals surface area (Å²) in [5, 5.41) is 2.29. The second-order valence-electron chi connectivity index (χ2n) is 6.60. The maximum Gasteiger partial charge on any atom is 0.416 e. The second kappa shape index (κ2) is 7.17. The molecule has 0 spiro atoms. The van der Waals surface area contributed by atoms with Crippen LogP contribution < -0.4 is 5.32 Å².